The third-order valence-corrected chi connectivity index (χ3v) is 4.09. The number of rotatable bonds is 4. The molecule has 0 unspecified atom stereocenters. The molecule has 0 N–H and O–H groups in total. The molecule has 23 heavy (non-hydrogen) atoms. The van der Waals surface area contributed by atoms with Gasteiger partial charge in [0, 0.05) is 10.6 Å². The van der Waals surface area contributed by atoms with Gasteiger partial charge in [-0.3, -0.25) is 4.99 Å². The summed E-state index contributed by atoms with van der Waals surface area (Å²) >= 11 is 6.25. The summed E-state index contributed by atoms with van der Waals surface area (Å²) in [5, 5.41) is 0.730. The van der Waals surface area contributed by atoms with Crippen molar-refractivity contribution in [3.63, 3.8) is 0 Å². The summed E-state index contributed by atoms with van der Waals surface area (Å²) < 4.78 is 10.7. The highest BCUT2D eigenvalue weighted by molar-refractivity contribution is 6.31. The molecule has 1 aromatic carbocycles. The molecule has 1 aliphatic rings. The maximum atomic E-state index is 11.5. The fourth-order valence-corrected chi connectivity index (χ4v) is 2.50. The van der Waals surface area contributed by atoms with E-state index in [0.717, 1.165) is 27.6 Å². The Bertz CT molecular complexity index is 684. The molecular weight excluding hydrogens is 314 g/mol. The van der Waals surface area contributed by atoms with Crippen LogP contribution in [-0.2, 0) is 14.9 Å². The van der Waals surface area contributed by atoms with Gasteiger partial charge in [-0.05, 0) is 36.1 Å². The summed E-state index contributed by atoms with van der Waals surface area (Å²) in [7, 11) is 1.36. The van der Waals surface area contributed by atoms with E-state index in [1.807, 2.05) is 19.1 Å². The zero-order chi connectivity index (χ0) is 17.2. The van der Waals surface area contributed by atoms with Crippen molar-refractivity contribution in [1.82, 2.24) is 0 Å². The minimum atomic E-state index is -0.346. The Hall–Kier alpha value is -1.81. The predicted octanol–water partition coefficient (Wildman–Crippen LogP) is 3.88. The Morgan fingerprint density at radius 2 is 2.04 bits per heavy atom. The van der Waals surface area contributed by atoms with E-state index in [0.29, 0.717) is 18.7 Å². The normalized spacial score (nSPS) is 14.3. The first-order chi connectivity index (χ1) is 10.7. The third kappa shape index (κ3) is 4.14. The molecule has 2 rings (SSSR count). The topological polar surface area (TPSA) is 47.9 Å². The van der Waals surface area contributed by atoms with Gasteiger partial charge in [0.25, 0.3) is 0 Å². The van der Waals surface area contributed by atoms with Crippen LogP contribution >= 0.6 is 11.6 Å². The van der Waals surface area contributed by atoms with Gasteiger partial charge >= 0.3 is 5.97 Å². The molecule has 0 spiro atoms. The molecule has 1 aromatic rings. The maximum absolute atomic E-state index is 11.5. The van der Waals surface area contributed by atoms with E-state index in [-0.39, 0.29) is 11.4 Å². The van der Waals surface area contributed by atoms with E-state index in [9.17, 15) is 4.79 Å². The lowest BCUT2D eigenvalue weighted by atomic mass is 9.86. The monoisotopic (exact) mass is 335 g/mol. The van der Waals surface area contributed by atoms with Gasteiger partial charge in [0.2, 0.25) is 0 Å². The molecule has 5 heteroatoms. The van der Waals surface area contributed by atoms with Crippen LogP contribution in [0.5, 0.6) is 5.75 Å². The first-order valence-corrected chi connectivity index (χ1v) is 7.86. The Morgan fingerprint density at radius 3 is 2.65 bits per heavy atom. The predicted molar refractivity (Wildman–Crippen MR) is 92.8 cm³/mol. The molecule has 0 atom stereocenters. The van der Waals surface area contributed by atoms with Crippen molar-refractivity contribution >= 4 is 23.3 Å². The molecule has 4 nitrogen and oxygen atoms in total. The van der Waals surface area contributed by atoms with Crippen LogP contribution in [0.25, 0.3) is 0 Å². The summed E-state index contributed by atoms with van der Waals surface area (Å²) in [5.74, 6) is 0.448. The van der Waals surface area contributed by atoms with Crippen LogP contribution in [0.3, 0.4) is 0 Å². The van der Waals surface area contributed by atoms with Crippen LogP contribution < -0.4 is 4.74 Å². The van der Waals surface area contributed by atoms with Gasteiger partial charge in [0.15, 0.2) is 0 Å². The fraction of sp³-hybridized carbons (Fsp3) is 0.444. The number of methoxy groups -OCH3 is 1. The fourth-order valence-electron chi connectivity index (χ4n) is 2.33. The Kier molecular flexibility index (Phi) is 5.15. The summed E-state index contributed by atoms with van der Waals surface area (Å²) in [6.45, 7) is 8.95. The molecule has 1 heterocycles. The number of ether oxygens (including phenoxy) is 2. The van der Waals surface area contributed by atoms with E-state index >= 15 is 0 Å². The number of aliphatic imine (C=N–C) groups is 1. The van der Waals surface area contributed by atoms with Crippen molar-refractivity contribution in [2.45, 2.75) is 33.1 Å². The summed E-state index contributed by atoms with van der Waals surface area (Å²) in [4.78, 5) is 15.8. The molecule has 0 fully saturated rings. The van der Waals surface area contributed by atoms with Crippen molar-refractivity contribution in [2.75, 3.05) is 20.3 Å². The van der Waals surface area contributed by atoms with Crippen molar-refractivity contribution < 1.29 is 14.3 Å². The minimum Gasteiger partial charge on any atom is -0.487 e. The maximum Gasteiger partial charge on any atom is 0.335 e. The van der Waals surface area contributed by atoms with Crippen LogP contribution in [0.2, 0.25) is 5.02 Å². The van der Waals surface area contributed by atoms with Crippen molar-refractivity contribution in [1.29, 1.82) is 0 Å². The average molecular weight is 336 g/mol. The molecule has 124 valence electrons. The van der Waals surface area contributed by atoms with Gasteiger partial charge < -0.3 is 9.47 Å². The van der Waals surface area contributed by atoms with Crippen LogP contribution in [0, 0.1) is 6.92 Å². The van der Waals surface area contributed by atoms with Crippen LogP contribution in [0.1, 0.15) is 31.9 Å². The standard InChI is InChI=1S/C18H22ClNO3/c1-11-6-16(14(8-15(11)19)18(2,3)4)23-10-13-7-12(9-20-13)17(21)22-5/h6-8H,9-10H2,1-5H3. The second-order valence-corrected chi connectivity index (χ2v) is 7.01. The lowest BCUT2D eigenvalue weighted by Crippen LogP contribution is -2.16. The number of hydrogen-bond donors (Lipinski definition) is 0. The quantitative estimate of drug-likeness (QED) is 0.784. The van der Waals surface area contributed by atoms with Crippen LogP contribution in [0.15, 0.2) is 28.8 Å². The first kappa shape index (κ1) is 17.5. The summed E-state index contributed by atoms with van der Waals surface area (Å²) in [6, 6.07) is 3.90. The number of nitrogens with zero attached hydrogens (tertiary/aromatic N) is 1. The lowest BCUT2D eigenvalue weighted by molar-refractivity contribution is -0.136. The number of carbonyl (C=O) groups excluding carboxylic acids is 1. The Balaban J connectivity index is 2.17. The molecule has 0 aliphatic carbocycles. The second-order valence-electron chi connectivity index (χ2n) is 6.60. The van der Waals surface area contributed by atoms with Gasteiger partial charge in [-0.1, -0.05) is 32.4 Å². The van der Waals surface area contributed by atoms with E-state index < -0.39 is 0 Å². The molecule has 0 amide bonds. The van der Waals surface area contributed by atoms with Gasteiger partial charge in [0.1, 0.15) is 12.4 Å². The summed E-state index contributed by atoms with van der Waals surface area (Å²) in [5.41, 5.74) is 3.21. The van der Waals surface area contributed by atoms with Crippen molar-refractivity contribution in [2.24, 2.45) is 4.99 Å². The molecule has 1 aliphatic heterocycles. The Morgan fingerprint density at radius 1 is 1.35 bits per heavy atom. The number of aryl methyl sites for hydroxylation is 1. The number of benzene rings is 1. The number of esters is 1. The van der Waals surface area contributed by atoms with Crippen LogP contribution in [0.4, 0.5) is 0 Å². The summed E-state index contributed by atoms with van der Waals surface area (Å²) in [6.07, 6.45) is 1.73. The zero-order valence-electron chi connectivity index (χ0n) is 14.2. The molecular formula is C18H22ClNO3. The lowest BCUT2D eigenvalue weighted by Gasteiger charge is -2.24. The van der Waals surface area contributed by atoms with E-state index in [1.54, 1.807) is 6.08 Å². The number of carbonyl (C=O) groups is 1. The SMILES string of the molecule is COC(=O)C1=CC(COc2cc(C)c(Cl)cc2C(C)(C)C)=NC1. The number of hydrogen-bond acceptors (Lipinski definition) is 4. The highest BCUT2D eigenvalue weighted by Crippen LogP contribution is 2.35. The van der Waals surface area contributed by atoms with Gasteiger partial charge in [-0.25, -0.2) is 4.79 Å². The smallest absolute Gasteiger partial charge is 0.335 e. The molecule has 0 saturated heterocycles. The highest BCUT2D eigenvalue weighted by atomic mass is 35.5. The second kappa shape index (κ2) is 6.75. The molecule has 0 radical (unpaired) electrons. The van der Waals surface area contributed by atoms with Crippen LogP contribution in [-0.4, -0.2) is 31.9 Å². The van der Waals surface area contributed by atoms with Gasteiger partial charge in [0.05, 0.1) is 24.9 Å². The molecule has 0 aromatic heterocycles. The first-order valence-electron chi connectivity index (χ1n) is 7.48. The van der Waals surface area contributed by atoms with E-state index in [4.69, 9.17) is 21.1 Å². The number of halogens is 1. The largest absolute Gasteiger partial charge is 0.487 e. The Labute approximate surface area is 142 Å². The molecule has 0 bridgehead atoms. The zero-order valence-corrected chi connectivity index (χ0v) is 15.0. The average Bonchev–Trinajstić information content (AvgIpc) is 2.95. The van der Waals surface area contributed by atoms with Crippen molar-refractivity contribution in [3.05, 3.63) is 39.9 Å². The van der Waals surface area contributed by atoms with Gasteiger partial charge in [-0.15, -0.1) is 0 Å². The minimum absolute atomic E-state index is 0.0861. The highest BCUT2D eigenvalue weighted by Gasteiger charge is 2.22. The van der Waals surface area contributed by atoms with E-state index in [2.05, 4.69) is 25.8 Å². The van der Waals surface area contributed by atoms with Crippen molar-refractivity contribution in [3.8, 4) is 5.75 Å². The van der Waals surface area contributed by atoms with Gasteiger partial charge in [-0.2, -0.15) is 0 Å². The molecule has 0 saturated carbocycles. The van der Waals surface area contributed by atoms with E-state index in [1.165, 1.54) is 7.11 Å². The third-order valence-electron chi connectivity index (χ3n) is 3.69.